The Morgan fingerprint density at radius 2 is 2.00 bits per heavy atom. The highest BCUT2D eigenvalue weighted by Crippen LogP contribution is 2.32. The fraction of sp³-hybridized carbons (Fsp3) is 0.368. The smallest absolute Gasteiger partial charge is 0.177 e. The average molecular weight is 371 g/mol. The van der Waals surface area contributed by atoms with Crippen molar-refractivity contribution < 1.29 is 0 Å². The fourth-order valence-electron chi connectivity index (χ4n) is 3.60. The first kappa shape index (κ1) is 17.1. The van der Waals surface area contributed by atoms with Crippen molar-refractivity contribution in [3.05, 3.63) is 52.8 Å². The third kappa shape index (κ3) is 3.61. The SMILES string of the molecule is Nc1cc(NCc2cccc(Cl)c2)c2nc([C@H]3CC[C@H](N)CC3)cn2n1. The van der Waals surface area contributed by atoms with Crippen LogP contribution < -0.4 is 16.8 Å². The highest BCUT2D eigenvalue weighted by Gasteiger charge is 2.23. The molecule has 0 bridgehead atoms. The second-order valence-electron chi connectivity index (χ2n) is 7.01. The minimum Gasteiger partial charge on any atom is -0.382 e. The van der Waals surface area contributed by atoms with Gasteiger partial charge in [0, 0.05) is 29.6 Å². The van der Waals surface area contributed by atoms with Gasteiger partial charge in [0.25, 0.3) is 0 Å². The monoisotopic (exact) mass is 370 g/mol. The summed E-state index contributed by atoms with van der Waals surface area (Å²) in [5, 5.41) is 8.52. The Bertz CT molecular complexity index is 914. The normalized spacial score (nSPS) is 20.4. The maximum absolute atomic E-state index is 6.06. The summed E-state index contributed by atoms with van der Waals surface area (Å²) in [6.07, 6.45) is 6.25. The summed E-state index contributed by atoms with van der Waals surface area (Å²) in [4.78, 5) is 4.85. The zero-order valence-corrected chi connectivity index (χ0v) is 15.3. The largest absolute Gasteiger partial charge is 0.382 e. The maximum atomic E-state index is 6.06. The van der Waals surface area contributed by atoms with Crippen molar-refractivity contribution in [2.75, 3.05) is 11.1 Å². The fourth-order valence-corrected chi connectivity index (χ4v) is 3.81. The highest BCUT2D eigenvalue weighted by atomic mass is 35.5. The number of imidazole rings is 1. The van der Waals surface area contributed by atoms with Crippen LogP contribution in [-0.4, -0.2) is 20.6 Å². The Labute approximate surface area is 157 Å². The molecule has 2 heterocycles. The second kappa shape index (κ2) is 7.13. The molecule has 0 amide bonds. The van der Waals surface area contributed by atoms with Gasteiger partial charge in [-0.3, -0.25) is 0 Å². The minimum atomic E-state index is 0.326. The Morgan fingerprint density at radius 3 is 2.77 bits per heavy atom. The highest BCUT2D eigenvalue weighted by molar-refractivity contribution is 6.30. The van der Waals surface area contributed by atoms with Crippen LogP contribution in [0.3, 0.4) is 0 Å². The predicted molar refractivity (Wildman–Crippen MR) is 105 cm³/mol. The number of rotatable bonds is 4. The summed E-state index contributed by atoms with van der Waals surface area (Å²) in [5.74, 6) is 0.902. The van der Waals surface area contributed by atoms with E-state index in [2.05, 4.69) is 10.4 Å². The Hall–Kier alpha value is -2.31. The van der Waals surface area contributed by atoms with Gasteiger partial charge >= 0.3 is 0 Å². The molecule has 7 heteroatoms. The molecular weight excluding hydrogens is 348 g/mol. The summed E-state index contributed by atoms with van der Waals surface area (Å²) in [7, 11) is 0. The van der Waals surface area contributed by atoms with Crippen LogP contribution in [0.4, 0.5) is 11.5 Å². The molecule has 26 heavy (non-hydrogen) atoms. The van der Waals surface area contributed by atoms with E-state index < -0.39 is 0 Å². The zero-order chi connectivity index (χ0) is 18.1. The lowest BCUT2D eigenvalue weighted by Crippen LogP contribution is -2.25. The number of nitrogens with two attached hydrogens (primary N) is 2. The topological polar surface area (TPSA) is 94.3 Å². The van der Waals surface area contributed by atoms with Gasteiger partial charge in [0.15, 0.2) is 5.65 Å². The van der Waals surface area contributed by atoms with Crippen molar-refractivity contribution in [2.24, 2.45) is 5.73 Å². The van der Waals surface area contributed by atoms with Crippen LogP contribution in [0, 0.1) is 0 Å². The first-order valence-electron chi connectivity index (χ1n) is 8.98. The molecule has 1 aliphatic carbocycles. The Kier molecular flexibility index (Phi) is 4.70. The molecule has 136 valence electrons. The van der Waals surface area contributed by atoms with Crippen LogP contribution in [0.2, 0.25) is 5.02 Å². The molecule has 5 N–H and O–H groups in total. The summed E-state index contributed by atoms with van der Waals surface area (Å²) in [5.41, 5.74) is 15.8. The van der Waals surface area contributed by atoms with Gasteiger partial charge in [-0.25, -0.2) is 9.50 Å². The molecule has 1 saturated carbocycles. The van der Waals surface area contributed by atoms with E-state index in [1.54, 1.807) is 4.52 Å². The third-order valence-corrected chi connectivity index (χ3v) is 5.26. The molecule has 0 unspecified atom stereocenters. The first-order chi connectivity index (χ1) is 12.6. The summed E-state index contributed by atoms with van der Waals surface area (Å²) >= 11 is 6.06. The zero-order valence-electron chi connectivity index (χ0n) is 14.5. The van der Waals surface area contributed by atoms with E-state index in [9.17, 15) is 0 Å². The third-order valence-electron chi connectivity index (χ3n) is 5.02. The molecule has 1 aliphatic rings. The lowest BCUT2D eigenvalue weighted by molar-refractivity contribution is 0.391. The van der Waals surface area contributed by atoms with Crippen molar-refractivity contribution >= 4 is 28.8 Å². The standard InChI is InChI=1S/C19H23ClN6/c20-14-3-1-2-12(8-14)10-23-16-9-18(22)25-26-11-17(24-19(16)26)13-4-6-15(21)7-5-13/h1-3,8-9,11,13,15,23H,4-7,10,21H2,(H2,22,25)/t13-,15-. The molecule has 2 aromatic heterocycles. The molecule has 0 aliphatic heterocycles. The van der Waals surface area contributed by atoms with Crippen molar-refractivity contribution in [1.82, 2.24) is 14.6 Å². The first-order valence-corrected chi connectivity index (χ1v) is 9.36. The molecule has 0 saturated heterocycles. The number of hydrogen-bond acceptors (Lipinski definition) is 5. The predicted octanol–water partition coefficient (Wildman–Crippen LogP) is 3.56. The molecule has 3 aromatic rings. The average Bonchev–Trinajstić information content (AvgIpc) is 3.04. The number of benzene rings is 1. The van der Waals surface area contributed by atoms with Crippen LogP contribution in [0.15, 0.2) is 36.5 Å². The molecule has 6 nitrogen and oxygen atoms in total. The molecule has 1 aromatic carbocycles. The van der Waals surface area contributed by atoms with E-state index in [0.29, 0.717) is 24.3 Å². The van der Waals surface area contributed by atoms with Crippen molar-refractivity contribution in [1.29, 1.82) is 0 Å². The lowest BCUT2D eigenvalue weighted by Gasteiger charge is -2.24. The van der Waals surface area contributed by atoms with Crippen LogP contribution in [0.5, 0.6) is 0 Å². The van der Waals surface area contributed by atoms with E-state index in [-0.39, 0.29) is 0 Å². The molecule has 0 atom stereocenters. The van der Waals surface area contributed by atoms with Gasteiger partial charge < -0.3 is 16.8 Å². The van der Waals surface area contributed by atoms with Gasteiger partial charge in [0.1, 0.15) is 5.82 Å². The van der Waals surface area contributed by atoms with E-state index in [0.717, 1.165) is 53.3 Å². The number of nitrogen functional groups attached to an aromatic ring is 1. The van der Waals surface area contributed by atoms with Crippen molar-refractivity contribution in [3.8, 4) is 0 Å². The maximum Gasteiger partial charge on any atom is 0.177 e. The number of nitrogens with zero attached hydrogens (tertiary/aromatic N) is 3. The number of nitrogens with one attached hydrogen (secondary N) is 1. The van der Waals surface area contributed by atoms with E-state index in [1.807, 2.05) is 36.5 Å². The number of anilines is 2. The van der Waals surface area contributed by atoms with Crippen molar-refractivity contribution in [3.63, 3.8) is 0 Å². The second-order valence-corrected chi connectivity index (χ2v) is 7.45. The van der Waals surface area contributed by atoms with E-state index in [1.165, 1.54) is 0 Å². The van der Waals surface area contributed by atoms with Gasteiger partial charge in [-0.15, -0.1) is 5.10 Å². The van der Waals surface area contributed by atoms with Gasteiger partial charge in [-0.05, 0) is 43.4 Å². The van der Waals surface area contributed by atoms with Gasteiger partial charge in [0.05, 0.1) is 17.6 Å². The molecule has 0 radical (unpaired) electrons. The summed E-state index contributed by atoms with van der Waals surface area (Å²) < 4.78 is 1.78. The van der Waals surface area contributed by atoms with Crippen LogP contribution in [0.25, 0.3) is 5.65 Å². The van der Waals surface area contributed by atoms with Gasteiger partial charge in [0.2, 0.25) is 0 Å². The van der Waals surface area contributed by atoms with Crippen LogP contribution >= 0.6 is 11.6 Å². The van der Waals surface area contributed by atoms with E-state index >= 15 is 0 Å². The van der Waals surface area contributed by atoms with Crippen LogP contribution in [-0.2, 0) is 6.54 Å². The number of hydrogen-bond donors (Lipinski definition) is 3. The molecule has 1 fully saturated rings. The minimum absolute atomic E-state index is 0.326. The number of fused-ring (bicyclic) bond motifs is 1. The summed E-state index contributed by atoms with van der Waals surface area (Å²) in [6, 6.07) is 9.93. The number of aromatic nitrogens is 3. The van der Waals surface area contributed by atoms with E-state index in [4.69, 9.17) is 28.1 Å². The lowest BCUT2D eigenvalue weighted by atomic mass is 9.85. The number of halogens is 1. The Balaban J connectivity index is 1.59. The van der Waals surface area contributed by atoms with Gasteiger partial charge in [-0.2, -0.15) is 0 Å². The quantitative estimate of drug-likeness (QED) is 0.652. The van der Waals surface area contributed by atoms with Crippen molar-refractivity contribution in [2.45, 2.75) is 44.2 Å². The molecular formula is C19H23ClN6. The molecule has 4 rings (SSSR count). The molecule has 0 spiro atoms. The summed E-state index contributed by atoms with van der Waals surface area (Å²) in [6.45, 7) is 0.639. The van der Waals surface area contributed by atoms with Crippen LogP contribution in [0.1, 0.15) is 42.9 Å². The Morgan fingerprint density at radius 1 is 1.19 bits per heavy atom. The van der Waals surface area contributed by atoms with Gasteiger partial charge in [-0.1, -0.05) is 23.7 Å².